The van der Waals surface area contributed by atoms with Crippen molar-refractivity contribution in [2.75, 3.05) is 29.6 Å². The molecule has 0 saturated heterocycles. The van der Waals surface area contributed by atoms with Gasteiger partial charge in [-0.1, -0.05) is 48.6 Å². The Bertz CT molecular complexity index is 3160. The van der Waals surface area contributed by atoms with E-state index in [-0.39, 0.29) is 72.4 Å². The Morgan fingerprint density at radius 1 is 0.431 bits per heavy atom. The lowest BCUT2D eigenvalue weighted by Crippen LogP contribution is -2.38. The molecule has 0 amide bonds. The van der Waals surface area contributed by atoms with E-state index in [1.54, 1.807) is 72.9 Å². The number of rotatable bonds is 8. The number of hydrogen-bond acceptors (Lipinski definition) is 10. The number of allylic oxidation sites excluding steroid dienone is 28. The minimum absolute atomic E-state index is 0.198. The van der Waals surface area contributed by atoms with E-state index in [1.807, 2.05) is 28.2 Å². The molecule has 2 aromatic rings. The Labute approximate surface area is 370 Å². The largest absolute Gasteiger partial charge is 0.348 e. The zero-order chi connectivity index (χ0) is 44.8. The molecule has 0 spiro atoms. The van der Waals surface area contributed by atoms with E-state index < -0.39 is 0 Å². The summed E-state index contributed by atoms with van der Waals surface area (Å²) >= 11 is 0. The highest BCUT2D eigenvalue weighted by Gasteiger charge is 2.36. The van der Waals surface area contributed by atoms with Crippen molar-refractivity contribution in [2.45, 2.75) is 20.0 Å². The summed E-state index contributed by atoms with van der Waals surface area (Å²) < 4.78 is 4.09. The maximum absolute atomic E-state index is 13.4. The smallest absolute Gasteiger partial charge is 0.254 e. The molecule has 12 heteroatoms. The molecule has 0 unspecified atom stereocenters. The zero-order valence-electron chi connectivity index (χ0n) is 34.8. The molecule has 0 bridgehead atoms. The summed E-state index contributed by atoms with van der Waals surface area (Å²) in [6.45, 7) is 3.09. The van der Waals surface area contributed by atoms with Crippen LogP contribution in [0.5, 0.6) is 0 Å². The van der Waals surface area contributed by atoms with Crippen LogP contribution in [-0.2, 0) is 51.4 Å². The predicted molar refractivity (Wildman–Crippen MR) is 240 cm³/mol. The molecule has 12 nitrogen and oxygen atoms in total. The van der Waals surface area contributed by atoms with Gasteiger partial charge >= 0.3 is 0 Å². The van der Waals surface area contributed by atoms with Crippen molar-refractivity contribution in [3.63, 3.8) is 0 Å². The minimum Gasteiger partial charge on any atom is -0.348 e. The first-order valence-corrected chi connectivity index (χ1v) is 21.0. The molecular formula is C53H35N4O8+. The molecule has 0 radical (unpaired) electrons. The van der Waals surface area contributed by atoms with E-state index in [9.17, 15) is 38.4 Å². The van der Waals surface area contributed by atoms with Gasteiger partial charge in [0.15, 0.2) is 57.3 Å². The summed E-state index contributed by atoms with van der Waals surface area (Å²) in [4.78, 5) is 110. The van der Waals surface area contributed by atoms with Crippen LogP contribution in [0.3, 0.4) is 0 Å². The van der Waals surface area contributed by atoms with Gasteiger partial charge in [0.1, 0.15) is 13.1 Å². The molecule has 1 aliphatic heterocycles. The van der Waals surface area contributed by atoms with E-state index in [0.717, 1.165) is 28.2 Å². The van der Waals surface area contributed by atoms with E-state index >= 15 is 0 Å². The minimum atomic E-state index is -0.277. The first-order chi connectivity index (χ1) is 31.4. The van der Waals surface area contributed by atoms with Crippen LogP contribution in [0.1, 0.15) is 5.82 Å². The Morgan fingerprint density at radius 3 is 1.23 bits per heavy atom. The molecule has 9 aliphatic rings. The van der Waals surface area contributed by atoms with Gasteiger partial charge < -0.3 is 9.80 Å². The average molecular weight is 856 g/mol. The van der Waals surface area contributed by atoms with Crippen molar-refractivity contribution in [1.29, 1.82) is 0 Å². The van der Waals surface area contributed by atoms with E-state index in [2.05, 4.69) is 9.80 Å². The second-order valence-corrected chi connectivity index (χ2v) is 16.9. The van der Waals surface area contributed by atoms with Crippen LogP contribution < -0.4 is 14.4 Å². The van der Waals surface area contributed by atoms with Crippen molar-refractivity contribution >= 4 is 68.7 Å². The third-order valence-electron chi connectivity index (χ3n) is 12.8. The second-order valence-electron chi connectivity index (χ2n) is 16.9. The number of carbonyl (C=O) groups excluding carboxylic acids is 8. The standard InChI is InChI=1S/C53H35N4O8/c1-29-56(26-32-16-40-36(52(64)20-32)8-4-12-48(40)60)44-22-42-43(23-45(44)57(29)27-33-17-41-37(53(65)21-33)9-5-13-49(41)61)55(25-31-15-39-35(51(63)19-31)7-3-11-47(39)59)28-54(42)24-30-14-38-34(50(62)18-30)6-2-10-46(38)58/h2-23H,24-28H2,1H3/q+1. The van der Waals surface area contributed by atoms with Crippen LogP contribution in [0.2, 0.25) is 0 Å². The summed E-state index contributed by atoms with van der Waals surface area (Å²) in [5.74, 6) is -1.38. The Hall–Kier alpha value is -8.51. The van der Waals surface area contributed by atoms with Crippen LogP contribution in [0.4, 0.5) is 11.4 Å². The van der Waals surface area contributed by atoms with Gasteiger partial charge in [0.05, 0.1) is 18.0 Å². The van der Waals surface area contributed by atoms with Crippen molar-refractivity contribution in [3.05, 3.63) is 206 Å². The van der Waals surface area contributed by atoms with Gasteiger partial charge in [0, 0.05) is 76.7 Å². The van der Waals surface area contributed by atoms with Gasteiger partial charge in [-0.15, -0.1) is 0 Å². The summed E-state index contributed by atoms with van der Waals surface area (Å²) in [5.41, 5.74) is 8.14. The molecule has 65 heavy (non-hydrogen) atoms. The molecule has 0 fully saturated rings. The second kappa shape index (κ2) is 14.8. The van der Waals surface area contributed by atoms with Crippen LogP contribution in [0.15, 0.2) is 201 Å². The highest BCUT2D eigenvalue weighted by atomic mass is 16.2. The number of benzene rings is 1. The fraction of sp³-hybridized carbons (Fsp3) is 0.113. The first kappa shape index (κ1) is 39.3. The average Bonchev–Trinajstić information content (AvgIpc) is 3.72. The lowest BCUT2D eigenvalue weighted by atomic mass is 9.87. The van der Waals surface area contributed by atoms with Crippen LogP contribution in [0.25, 0.3) is 11.0 Å². The molecule has 1 aromatic carbocycles. The Balaban J connectivity index is 1.05. The van der Waals surface area contributed by atoms with Crippen LogP contribution in [0, 0.1) is 6.92 Å². The fourth-order valence-electron chi connectivity index (χ4n) is 9.71. The third kappa shape index (κ3) is 6.57. The number of fused-ring (bicyclic) bond motifs is 6. The monoisotopic (exact) mass is 855 g/mol. The van der Waals surface area contributed by atoms with Crippen LogP contribution in [-0.4, -0.2) is 70.6 Å². The first-order valence-electron chi connectivity index (χ1n) is 21.0. The Kier molecular flexibility index (Phi) is 8.96. The Morgan fingerprint density at radius 2 is 0.800 bits per heavy atom. The van der Waals surface area contributed by atoms with Gasteiger partial charge in [-0.25, -0.2) is 9.13 Å². The number of hydrogen-bond donors (Lipinski definition) is 0. The molecule has 314 valence electrons. The molecule has 1 aromatic heterocycles. The fourth-order valence-corrected chi connectivity index (χ4v) is 9.71. The van der Waals surface area contributed by atoms with E-state index in [1.165, 1.54) is 48.6 Å². The number of nitrogens with zero attached hydrogens (tertiary/aromatic N) is 4. The van der Waals surface area contributed by atoms with Gasteiger partial charge in [-0.3, -0.25) is 38.4 Å². The molecule has 0 saturated carbocycles. The van der Waals surface area contributed by atoms with Gasteiger partial charge in [-0.2, -0.15) is 0 Å². The normalized spacial score (nSPS) is 20.7. The third-order valence-corrected chi connectivity index (χ3v) is 12.8. The van der Waals surface area contributed by atoms with Crippen molar-refractivity contribution in [1.82, 2.24) is 4.57 Å². The number of ketones is 8. The lowest BCUT2D eigenvalue weighted by Gasteiger charge is -2.25. The summed E-state index contributed by atoms with van der Waals surface area (Å²) in [6, 6.07) is 4.05. The SMILES string of the molecule is Cc1n(CC2=CC(=O)C3=CC=CC(=O)C3=C2)c2cc3c(cc2[n+]1CC1=CC(=O)C2=CC=CC(=O)C2=C1)N(CC1=CC(=O)C2=CC=CC(=O)C2=C1)CN3CC1=CC(=O)C2=CC=CC(=O)C2=C1. The molecule has 11 rings (SSSR count). The highest BCUT2D eigenvalue weighted by Crippen LogP contribution is 2.42. The topological polar surface area (TPSA) is 152 Å². The van der Waals surface area contributed by atoms with E-state index in [4.69, 9.17) is 0 Å². The van der Waals surface area contributed by atoms with Crippen LogP contribution >= 0.6 is 0 Å². The van der Waals surface area contributed by atoms with Gasteiger partial charge in [0.2, 0.25) is 0 Å². The van der Waals surface area contributed by atoms with Crippen molar-refractivity contribution < 1.29 is 42.9 Å². The number of carbonyl (C=O) groups is 8. The van der Waals surface area contributed by atoms with Gasteiger partial charge in [-0.05, 0) is 95.2 Å². The quantitative estimate of drug-likeness (QED) is 0.338. The maximum Gasteiger partial charge on any atom is 0.254 e. The molecular weight excluding hydrogens is 821 g/mol. The molecule has 0 N–H and O–H groups in total. The predicted octanol–water partition coefficient (Wildman–Crippen LogP) is 4.82. The van der Waals surface area contributed by atoms with Crippen molar-refractivity contribution in [2.24, 2.45) is 0 Å². The summed E-state index contributed by atoms with van der Waals surface area (Å²) in [6.07, 6.45) is 31.7. The maximum atomic E-state index is 13.4. The number of imidazole rings is 1. The molecule has 8 aliphatic carbocycles. The van der Waals surface area contributed by atoms with E-state index in [0.29, 0.717) is 73.5 Å². The summed E-state index contributed by atoms with van der Waals surface area (Å²) in [7, 11) is 0. The zero-order valence-corrected chi connectivity index (χ0v) is 34.8. The molecule has 2 heterocycles. The number of anilines is 2. The lowest BCUT2D eigenvalue weighted by molar-refractivity contribution is -0.669. The summed E-state index contributed by atoms with van der Waals surface area (Å²) in [5, 5.41) is 0. The highest BCUT2D eigenvalue weighted by molar-refractivity contribution is 6.25. The number of aromatic nitrogens is 2. The van der Waals surface area contributed by atoms with Crippen molar-refractivity contribution in [3.8, 4) is 0 Å². The molecule has 0 atom stereocenters. The van der Waals surface area contributed by atoms with Gasteiger partial charge in [0.25, 0.3) is 5.82 Å².